The minimum Gasteiger partial charge on any atom is -0.399 e. The summed E-state index contributed by atoms with van der Waals surface area (Å²) in [6.45, 7) is 15.4. The Kier molecular flexibility index (Phi) is 25.9. The van der Waals surface area contributed by atoms with Crippen LogP contribution in [0.1, 0.15) is 106 Å². The summed E-state index contributed by atoms with van der Waals surface area (Å²) in [4.78, 5) is 104. The third kappa shape index (κ3) is 18.9. The van der Waals surface area contributed by atoms with E-state index in [2.05, 4.69) is 76.9 Å². The summed E-state index contributed by atoms with van der Waals surface area (Å²) in [6.07, 6.45) is 3.17. The van der Waals surface area contributed by atoms with E-state index in [4.69, 9.17) is 11.5 Å². The lowest BCUT2D eigenvalue weighted by Gasteiger charge is -2.28. The van der Waals surface area contributed by atoms with Gasteiger partial charge in [-0.2, -0.15) is 0 Å². The van der Waals surface area contributed by atoms with E-state index in [0.29, 0.717) is 0 Å². The molecule has 2 aliphatic heterocycles. The molecule has 2 aliphatic rings. The Bertz CT molecular complexity index is 2160. The Labute approximate surface area is 413 Å². The molecule has 5 unspecified atom stereocenters. The zero-order chi connectivity index (χ0) is 52.5. The Morgan fingerprint density at radius 3 is 1.86 bits per heavy atom. The third-order valence-electron chi connectivity index (χ3n) is 11.5. The molecular formula is C51H77N11O8. The number of nitrogen functional groups attached to an aromatic ring is 1. The fourth-order valence-corrected chi connectivity index (χ4v) is 7.10. The van der Waals surface area contributed by atoms with E-state index < -0.39 is 59.7 Å². The number of carbonyl (C=O) groups is 8. The highest BCUT2D eigenvalue weighted by molar-refractivity contribution is 6.01. The molecule has 0 aromatic heterocycles. The largest absolute Gasteiger partial charge is 0.399 e. The number of nitrogens with zero attached hydrogens (tertiary/aromatic N) is 3. The van der Waals surface area contributed by atoms with Crippen molar-refractivity contribution in [3.8, 4) is 0 Å². The lowest BCUT2D eigenvalue weighted by molar-refractivity contribution is -0.137. The lowest BCUT2D eigenvalue weighted by Crippen LogP contribution is -2.54. The molecule has 384 valence electrons. The van der Waals surface area contributed by atoms with Gasteiger partial charge in [-0.05, 0) is 83.0 Å². The predicted molar refractivity (Wildman–Crippen MR) is 272 cm³/mol. The van der Waals surface area contributed by atoms with Gasteiger partial charge < -0.3 is 58.1 Å². The number of likely N-dealkylation sites (tertiary alicyclic amines) is 1. The highest BCUT2D eigenvalue weighted by atomic mass is 16.2. The summed E-state index contributed by atoms with van der Waals surface area (Å²) in [7, 11) is 3.25. The summed E-state index contributed by atoms with van der Waals surface area (Å²) >= 11 is 0. The van der Waals surface area contributed by atoms with Gasteiger partial charge in [-0.1, -0.05) is 102 Å². The van der Waals surface area contributed by atoms with Crippen molar-refractivity contribution in [1.82, 2.24) is 46.6 Å². The molecule has 6 atom stereocenters. The third-order valence-corrected chi connectivity index (χ3v) is 11.5. The van der Waals surface area contributed by atoms with E-state index in [-0.39, 0.29) is 79.9 Å². The second-order valence-corrected chi connectivity index (χ2v) is 17.5. The number of aryl methyl sites for hydroxylation is 1. The second kappa shape index (κ2) is 30.6. The summed E-state index contributed by atoms with van der Waals surface area (Å²) < 4.78 is 0. The van der Waals surface area contributed by atoms with Gasteiger partial charge in [0.25, 0.3) is 11.8 Å². The number of likely N-dealkylation sites (N-methyl/N-ethyl adjacent to an activating group) is 2. The number of rotatable bonds is 17. The van der Waals surface area contributed by atoms with E-state index in [0.717, 1.165) is 18.4 Å². The standard InChI is InChI=1S/C31H48N10O7.C9H11NO.C8H10.C3H8/c1-16(2)25(38-28(45)18(4)35-6)31(48)40-8-7-39(15-40)30(47)20-9-19(10-21(32)11-20)29(46)37-22-12-23(26(33)43)41(14-22)24(42)13-36-27(44)17(3)34-5;1-8(10-7-11)9-5-3-2-4-6-9;1-2-8-6-4-3-5-7-8;1-3-2/h9-11,16-18,22-23,25,34-35H,7-8,12-15,32H2,1-6H3,(H2,33,43)(H,36,44)(H,37,46)(H,38,45);2-8H,1H3,(H,10,11);3-7H,2H2,1H3;3H2,1-2H3/t17?,18-,22?,23?,25?;;;/m0.../s1. The summed E-state index contributed by atoms with van der Waals surface area (Å²) in [5.41, 5.74) is 14.5. The Balaban J connectivity index is 0.000000620. The molecule has 0 saturated carbocycles. The molecule has 0 bridgehead atoms. The van der Waals surface area contributed by atoms with Crippen molar-refractivity contribution < 1.29 is 38.4 Å². The number of primary amides is 1. The number of anilines is 1. The second-order valence-electron chi connectivity index (χ2n) is 17.5. The normalized spacial score (nSPS) is 16.5. The van der Waals surface area contributed by atoms with Gasteiger partial charge in [-0.25, -0.2) is 0 Å². The van der Waals surface area contributed by atoms with Crippen molar-refractivity contribution in [2.75, 3.05) is 52.7 Å². The number of carbonyl (C=O) groups excluding carboxylic acids is 8. The molecule has 0 spiro atoms. The molecule has 2 heterocycles. The highest BCUT2D eigenvalue weighted by Crippen LogP contribution is 2.21. The first-order valence-electron chi connectivity index (χ1n) is 23.9. The van der Waals surface area contributed by atoms with E-state index in [9.17, 15) is 38.4 Å². The van der Waals surface area contributed by atoms with Crippen molar-refractivity contribution in [3.05, 3.63) is 101 Å². The molecule has 2 saturated heterocycles. The summed E-state index contributed by atoms with van der Waals surface area (Å²) in [5, 5.41) is 16.4. The molecular weight excluding hydrogens is 895 g/mol. The van der Waals surface area contributed by atoms with Crippen LogP contribution in [0.15, 0.2) is 78.9 Å². The smallest absolute Gasteiger partial charge is 0.255 e. The monoisotopic (exact) mass is 972 g/mol. The molecule has 3 aromatic rings. The molecule has 10 N–H and O–H groups in total. The molecule has 19 heteroatoms. The Morgan fingerprint density at radius 1 is 0.771 bits per heavy atom. The summed E-state index contributed by atoms with van der Waals surface area (Å²) in [6, 6.07) is 21.2. The first-order chi connectivity index (χ1) is 33.3. The van der Waals surface area contributed by atoms with Gasteiger partial charge in [0, 0.05) is 42.5 Å². The fourth-order valence-electron chi connectivity index (χ4n) is 7.10. The maximum Gasteiger partial charge on any atom is 0.255 e. The van der Waals surface area contributed by atoms with Gasteiger partial charge in [0.05, 0.1) is 31.3 Å². The molecule has 19 nitrogen and oxygen atoms in total. The van der Waals surface area contributed by atoms with Crippen molar-refractivity contribution >= 4 is 53.4 Å². The quantitative estimate of drug-likeness (QED) is 0.0719. The summed E-state index contributed by atoms with van der Waals surface area (Å²) in [5.74, 6) is -3.52. The molecule has 0 aliphatic carbocycles. The zero-order valence-electron chi connectivity index (χ0n) is 42.5. The Morgan fingerprint density at radius 2 is 1.33 bits per heavy atom. The van der Waals surface area contributed by atoms with Gasteiger partial charge in [0.2, 0.25) is 35.9 Å². The first-order valence-corrected chi connectivity index (χ1v) is 23.9. The van der Waals surface area contributed by atoms with Crippen LogP contribution < -0.4 is 43.4 Å². The molecule has 70 heavy (non-hydrogen) atoms. The lowest BCUT2D eigenvalue weighted by atomic mass is 10.0. The van der Waals surface area contributed by atoms with Crippen LogP contribution >= 0.6 is 0 Å². The number of nitrogens with two attached hydrogens (primary N) is 2. The predicted octanol–water partition coefficient (Wildman–Crippen LogP) is 2.33. The van der Waals surface area contributed by atoms with Crippen LogP contribution in [0.2, 0.25) is 0 Å². The van der Waals surface area contributed by atoms with Crippen LogP contribution in [0.4, 0.5) is 5.69 Å². The van der Waals surface area contributed by atoms with Crippen molar-refractivity contribution in [2.45, 2.75) is 111 Å². The SMILES string of the molecule is CC(NC=O)c1ccccc1.CCC.CCc1ccccc1.CNC(C)C(=O)NCC(=O)N1CC(NC(=O)c2cc(N)cc(C(=O)N3CCN(C(=O)C(NC(=O)[C@H](C)NC)C(C)C)C3)c2)CC1C(N)=O. The van der Waals surface area contributed by atoms with Crippen LogP contribution in [0, 0.1) is 5.92 Å². The fraction of sp³-hybridized carbons (Fsp3) is 0.490. The van der Waals surface area contributed by atoms with Crippen molar-refractivity contribution in [3.63, 3.8) is 0 Å². The zero-order valence-corrected chi connectivity index (χ0v) is 42.5. The first kappa shape index (κ1) is 59.3. The van der Waals surface area contributed by atoms with Crippen LogP contribution in [0.25, 0.3) is 0 Å². The molecule has 5 rings (SSSR count). The van der Waals surface area contributed by atoms with E-state index >= 15 is 0 Å². The molecule has 2 fully saturated rings. The van der Waals surface area contributed by atoms with Crippen LogP contribution in [-0.4, -0.2) is 140 Å². The highest BCUT2D eigenvalue weighted by Gasteiger charge is 2.40. The molecule has 8 amide bonds. The maximum absolute atomic E-state index is 13.5. The van der Waals surface area contributed by atoms with Crippen LogP contribution in [0.3, 0.4) is 0 Å². The van der Waals surface area contributed by atoms with E-state index in [1.165, 1.54) is 44.9 Å². The number of hydrogen-bond acceptors (Lipinski definition) is 11. The average Bonchev–Trinajstić information content (AvgIpc) is 4.03. The topological polar surface area (TPSA) is 271 Å². The van der Waals surface area contributed by atoms with Gasteiger partial charge in [0.15, 0.2) is 0 Å². The van der Waals surface area contributed by atoms with Gasteiger partial charge in [-0.15, -0.1) is 0 Å². The molecule has 3 aromatic carbocycles. The van der Waals surface area contributed by atoms with E-state index in [1.807, 2.05) is 57.2 Å². The van der Waals surface area contributed by atoms with Crippen LogP contribution in [0.5, 0.6) is 0 Å². The van der Waals surface area contributed by atoms with Gasteiger partial charge >= 0.3 is 0 Å². The number of amides is 8. The minimum atomic E-state index is -0.990. The van der Waals surface area contributed by atoms with E-state index in [1.54, 1.807) is 27.9 Å². The van der Waals surface area contributed by atoms with Gasteiger partial charge in [-0.3, -0.25) is 38.4 Å². The minimum absolute atomic E-state index is 0.0105. The number of benzene rings is 3. The molecule has 0 radical (unpaired) electrons. The number of nitrogens with one attached hydrogen (secondary N) is 6. The van der Waals surface area contributed by atoms with Crippen molar-refractivity contribution in [2.24, 2.45) is 11.7 Å². The van der Waals surface area contributed by atoms with Crippen molar-refractivity contribution in [1.29, 1.82) is 0 Å². The Hall–Kier alpha value is -6.86. The van der Waals surface area contributed by atoms with Gasteiger partial charge in [0.1, 0.15) is 12.1 Å². The maximum atomic E-state index is 13.5. The van der Waals surface area contributed by atoms with Crippen LogP contribution in [-0.2, 0) is 35.2 Å². The number of hydrogen-bond donors (Lipinski definition) is 8. The average molecular weight is 972 g/mol.